The van der Waals surface area contributed by atoms with Crippen LogP contribution >= 0.6 is 22.9 Å². The summed E-state index contributed by atoms with van der Waals surface area (Å²) in [5.74, 6) is 0. The van der Waals surface area contributed by atoms with Crippen LogP contribution < -0.4 is 4.72 Å². The number of halogens is 1. The second-order valence-electron chi connectivity index (χ2n) is 4.04. The van der Waals surface area contributed by atoms with Gasteiger partial charge < -0.3 is 0 Å². The van der Waals surface area contributed by atoms with Gasteiger partial charge in [0.25, 0.3) is 0 Å². The van der Waals surface area contributed by atoms with Crippen LogP contribution in [0.15, 0.2) is 39.9 Å². The molecule has 104 valence electrons. The summed E-state index contributed by atoms with van der Waals surface area (Å²) in [6.07, 6.45) is 0.609. The topological polar surface area (TPSA) is 70.0 Å². The summed E-state index contributed by atoms with van der Waals surface area (Å²) in [6.45, 7) is 0.284. The molecule has 0 radical (unpaired) electrons. The van der Waals surface area contributed by atoms with Crippen molar-refractivity contribution in [3.05, 3.63) is 51.2 Å². The van der Waals surface area contributed by atoms with Crippen LogP contribution in [-0.2, 0) is 16.4 Å². The van der Waals surface area contributed by atoms with Crippen LogP contribution in [0.3, 0.4) is 0 Å². The first-order chi connectivity index (χ1) is 9.53. The Labute approximate surface area is 126 Å². The van der Waals surface area contributed by atoms with Gasteiger partial charge in [0.05, 0.1) is 16.7 Å². The molecule has 7 heteroatoms. The van der Waals surface area contributed by atoms with Crippen LogP contribution in [0.25, 0.3) is 0 Å². The quantitative estimate of drug-likeness (QED) is 0.918. The van der Waals surface area contributed by atoms with E-state index in [0.29, 0.717) is 6.42 Å². The van der Waals surface area contributed by atoms with Crippen LogP contribution in [0.1, 0.15) is 11.1 Å². The van der Waals surface area contributed by atoms with E-state index in [9.17, 15) is 8.42 Å². The zero-order valence-electron chi connectivity index (χ0n) is 10.3. The molecule has 0 amide bonds. The van der Waals surface area contributed by atoms with E-state index >= 15 is 0 Å². The highest BCUT2D eigenvalue weighted by Crippen LogP contribution is 2.22. The van der Waals surface area contributed by atoms with Crippen molar-refractivity contribution in [1.82, 2.24) is 4.72 Å². The Bertz CT molecular complexity index is 734. The molecule has 0 saturated heterocycles. The van der Waals surface area contributed by atoms with Gasteiger partial charge in [0.1, 0.15) is 4.90 Å². The lowest BCUT2D eigenvalue weighted by Gasteiger charge is -2.08. The molecule has 0 saturated carbocycles. The molecule has 0 spiro atoms. The van der Waals surface area contributed by atoms with Crippen molar-refractivity contribution in [2.75, 3.05) is 6.54 Å². The molecule has 0 aliphatic heterocycles. The number of rotatable bonds is 5. The zero-order chi connectivity index (χ0) is 14.6. The molecule has 1 aromatic carbocycles. The van der Waals surface area contributed by atoms with Crippen molar-refractivity contribution < 1.29 is 8.42 Å². The Hall–Kier alpha value is -1.39. The number of nitriles is 1. The Kier molecular flexibility index (Phi) is 4.78. The fourth-order valence-electron chi connectivity index (χ4n) is 1.62. The third kappa shape index (κ3) is 3.58. The fraction of sp³-hybridized carbons (Fsp3) is 0.154. The molecule has 0 atom stereocenters. The lowest BCUT2D eigenvalue weighted by Crippen LogP contribution is -2.26. The molecule has 0 bridgehead atoms. The molecule has 1 heterocycles. The molecule has 1 aromatic heterocycles. The lowest BCUT2D eigenvalue weighted by atomic mass is 10.2. The van der Waals surface area contributed by atoms with Crippen LogP contribution in [0.5, 0.6) is 0 Å². The minimum absolute atomic E-state index is 0.0662. The Balaban J connectivity index is 2.12. The van der Waals surface area contributed by atoms with Crippen molar-refractivity contribution >= 4 is 33.0 Å². The number of hydrogen-bond acceptors (Lipinski definition) is 4. The summed E-state index contributed by atoms with van der Waals surface area (Å²) in [4.78, 5) is -0.0662. The summed E-state index contributed by atoms with van der Waals surface area (Å²) in [5, 5.41) is 12.8. The Morgan fingerprint density at radius 3 is 2.80 bits per heavy atom. The molecule has 4 nitrogen and oxygen atoms in total. The summed E-state index contributed by atoms with van der Waals surface area (Å²) in [5.41, 5.74) is 1.34. The van der Waals surface area contributed by atoms with E-state index in [1.54, 1.807) is 11.3 Å². The highest BCUT2D eigenvalue weighted by Gasteiger charge is 2.18. The van der Waals surface area contributed by atoms with Gasteiger partial charge in [-0.15, -0.1) is 0 Å². The van der Waals surface area contributed by atoms with Crippen LogP contribution in [-0.4, -0.2) is 15.0 Å². The molecular weight excluding hydrogens is 316 g/mol. The largest absolute Gasteiger partial charge is 0.242 e. The predicted molar refractivity (Wildman–Crippen MR) is 79.4 cm³/mol. The minimum Gasteiger partial charge on any atom is -0.211 e. The average molecular weight is 327 g/mol. The summed E-state index contributed by atoms with van der Waals surface area (Å²) in [7, 11) is -3.71. The standard InChI is InChI=1S/C13H11ClN2O2S2/c14-12-2-1-11(8-15)7-13(12)20(17,18)16-5-3-10-4-6-19-9-10/h1-2,4,6-7,9,16H,3,5H2. The van der Waals surface area contributed by atoms with Crippen molar-refractivity contribution in [3.63, 3.8) is 0 Å². The van der Waals surface area contributed by atoms with E-state index < -0.39 is 10.0 Å². The van der Waals surface area contributed by atoms with E-state index in [4.69, 9.17) is 16.9 Å². The van der Waals surface area contributed by atoms with Gasteiger partial charge in [-0.25, -0.2) is 13.1 Å². The van der Waals surface area contributed by atoms with E-state index in [-0.39, 0.29) is 22.0 Å². The summed E-state index contributed by atoms with van der Waals surface area (Å²) in [6, 6.07) is 8.00. The monoisotopic (exact) mass is 326 g/mol. The normalized spacial score (nSPS) is 11.2. The average Bonchev–Trinajstić information content (AvgIpc) is 2.92. The second kappa shape index (κ2) is 6.37. The number of sulfonamides is 1. The molecule has 0 fully saturated rings. The fourth-order valence-corrected chi connectivity index (χ4v) is 3.88. The van der Waals surface area contributed by atoms with Gasteiger partial charge in [0, 0.05) is 6.54 Å². The maximum atomic E-state index is 12.1. The van der Waals surface area contributed by atoms with Gasteiger partial charge in [-0.05, 0) is 47.0 Å². The van der Waals surface area contributed by atoms with Crippen LogP contribution in [0.4, 0.5) is 0 Å². The molecule has 0 unspecified atom stereocenters. The molecular formula is C13H11ClN2O2S2. The maximum Gasteiger partial charge on any atom is 0.242 e. The lowest BCUT2D eigenvalue weighted by molar-refractivity contribution is 0.581. The molecule has 1 N–H and O–H groups in total. The maximum absolute atomic E-state index is 12.1. The molecule has 0 aliphatic rings. The third-order valence-electron chi connectivity index (χ3n) is 2.64. The predicted octanol–water partition coefficient (Wildman–Crippen LogP) is 2.79. The summed E-state index contributed by atoms with van der Waals surface area (Å²) >= 11 is 7.46. The van der Waals surface area contributed by atoms with Gasteiger partial charge in [-0.2, -0.15) is 16.6 Å². The van der Waals surface area contributed by atoms with Crippen molar-refractivity contribution in [3.8, 4) is 6.07 Å². The highest BCUT2D eigenvalue weighted by molar-refractivity contribution is 7.89. The first kappa shape index (κ1) is 15.0. The first-order valence-corrected chi connectivity index (χ1v) is 8.54. The number of nitrogens with zero attached hydrogens (tertiary/aromatic N) is 1. The number of hydrogen-bond donors (Lipinski definition) is 1. The van der Waals surface area contributed by atoms with Gasteiger partial charge in [0.15, 0.2) is 0 Å². The van der Waals surface area contributed by atoms with Crippen LogP contribution in [0.2, 0.25) is 5.02 Å². The zero-order valence-corrected chi connectivity index (χ0v) is 12.7. The minimum atomic E-state index is -3.71. The second-order valence-corrected chi connectivity index (χ2v) is 6.96. The molecule has 2 aromatic rings. The molecule has 2 rings (SSSR count). The smallest absolute Gasteiger partial charge is 0.211 e. The molecule has 20 heavy (non-hydrogen) atoms. The third-order valence-corrected chi connectivity index (χ3v) is 5.31. The summed E-state index contributed by atoms with van der Waals surface area (Å²) < 4.78 is 26.8. The number of nitrogens with one attached hydrogen (secondary N) is 1. The Morgan fingerprint density at radius 1 is 1.35 bits per heavy atom. The van der Waals surface area contributed by atoms with Crippen molar-refractivity contribution in [1.29, 1.82) is 5.26 Å². The van der Waals surface area contributed by atoms with E-state index in [2.05, 4.69) is 4.72 Å². The van der Waals surface area contributed by atoms with Crippen molar-refractivity contribution in [2.24, 2.45) is 0 Å². The van der Waals surface area contributed by atoms with Gasteiger partial charge in [-0.1, -0.05) is 11.6 Å². The number of benzene rings is 1. The highest BCUT2D eigenvalue weighted by atomic mass is 35.5. The van der Waals surface area contributed by atoms with Gasteiger partial charge in [-0.3, -0.25) is 0 Å². The van der Waals surface area contributed by atoms with E-state index in [1.807, 2.05) is 22.9 Å². The molecule has 0 aliphatic carbocycles. The van der Waals surface area contributed by atoms with E-state index in [1.165, 1.54) is 18.2 Å². The van der Waals surface area contributed by atoms with Gasteiger partial charge >= 0.3 is 0 Å². The van der Waals surface area contributed by atoms with Gasteiger partial charge in [0.2, 0.25) is 10.0 Å². The van der Waals surface area contributed by atoms with Crippen LogP contribution in [0, 0.1) is 11.3 Å². The van der Waals surface area contributed by atoms with Crippen molar-refractivity contribution in [2.45, 2.75) is 11.3 Å². The number of thiophene rings is 1. The first-order valence-electron chi connectivity index (χ1n) is 5.73. The van der Waals surface area contributed by atoms with E-state index in [0.717, 1.165) is 5.56 Å². The SMILES string of the molecule is N#Cc1ccc(Cl)c(S(=O)(=O)NCCc2ccsc2)c1. The Morgan fingerprint density at radius 2 is 2.15 bits per heavy atom.